The topological polar surface area (TPSA) is 115 Å². The molecule has 1 aromatic rings. The van der Waals surface area contributed by atoms with Gasteiger partial charge in [-0.3, -0.25) is 4.79 Å². The normalized spacial score (nSPS) is 10.7. The van der Waals surface area contributed by atoms with Gasteiger partial charge in [-0.15, -0.1) is 0 Å². The maximum Gasteiger partial charge on any atom is 0.323 e. The molecule has 0 aliphatic heterocycles. The van der Waals surface area contributed by atoms with Gasteiger partial charge in [-0.1, -0.05) is 0 Å². The molecule has 0 aromatic carbocycles. The number of hydrogen-bond acceptors (Lipinski definition) is 7. The van der Waals surface area contributed by atoms with Crippen LogP contribution >= 0.6 is 0 Å². The second-order valence-electron chi connectivity index (χ2n) is 4.87. The van der Waals surface area contributed by atoms with E-state index in [0.29, 0.717) is 18.9 Å². The highest BCUT2D eigenvalue weighted by Gasteiger charge is 2.08. The number of aromatic nitrogens is 3. The van der Waals surface area contributed by atoms with E-state index in [0.717, 1.165) is 0 Å². The van der Waals surface area contributed by atoms with Crippen molar-refractivity contribution in [1.82, 2.24) is 20.3 Å². The molecule has 1 rings (SSSR count). The van der Waals surface area contributed by atoms with Gasteiger partial charge < -0.3 is 21.1 Å². The van der Waals surface area contributed by atoms with E-state index < -0.39 is 0 Å². The highest BCUT2D eigenvalue weighted by molar-refractivity contribution is 5.76. The SMILES string of the molecule is CC(C)NC(=O)CCNc1nc(N)nc(OC(C)C)n1. The van der Waals surface area contributed by atoms with Crippen LogP contribution in [-0.4, -0.2) is 39.5 Å². The average molecular weight is 282 g/mol. The number of nitrogens with two attached hydrogens (primary N) is 1. The van der Waals surface area contributed by atoms with Gasteiger partial charge in [0, 0.05) is 19.0 Å². The molecular formula is C12H22N6O2. The molecule has 4 N–H and O–H groups in total. The first-order chi connectivity index (χ1) is 9.36. The molecule has 0 saturated carbocycles. The quantitative estimate of drug-likeness (QED) is 0.669. The van der Waals surface area contributed by atoms with Crippen molar-refractivity contribution >= 4 is 17.8 Å². The monoisotopic (exact) mass is 282 g/mol. The molecule has 1 amide bonds. The number of rotatable bonds is 7. The Balaban J connectivity index is 2.51. The lowest BCUT2D eigenvalue weighted by Gasteiger charge is -2.11. The number of carbonyl (C=O) groups is 1. The van der Waals surface area contributed by atoms with Gasteiger partial charge in [0.25, 0.3) is 0 Å². The number of hydrogen-bond donors (Lipinski definition) is 3. The summed E-state index contributed by atoms with van der Waals surface area (Å²) in [5.74, 6) is 0.337. The Morgan fingerprint density at radius 1 is 1.25 bits per heavy atom. The summed E-state index contributed by atoms with van der Waals surface area (Å²) in [4.78, 5) is 23.3. The predicted octanol–water partition coefficient (Wildman–Crippen LogP) is 0.568. The molecule has 0 unspecified atom stereocenters. The van der Waals surface area contributed by atoms with E-state index in [1.54, 1.807) is 0 Å². The number of nitrogens with one attached hydrogen (secondary N) is 2. The van der Waals surface area contributed by atoms with Gasteiger partial charge in [0.1, 0.15) is 0 Å². The lowest BCUT2D eigenvalue weighted by molar-refractivity contribution is -0.121. The molecule has 112 valence electrons. The molecule has 1 aromatic heterocycles. The van der Waals surface area contributed by atoms with Crippen molar-refractivity contribution in [3.63, 3.8) is 0 Å². The van der Waals surface area contributed by atoms with Crippen LogP contribution in [0.5, 0.6) is 6.01 Å². The van der Waals surface area contributed by atoms with Crippen LogP contribution in [0, 0.1) is 0 Å². The first kappa shape index (κ1) is 15.9. The molecule has 1 heterocycles. The van der Waals surface area contributed by atoms with Gasteiger partial charge in [-0.2, -0.15) is 15.0 Å². The third-order valence-corrected chi connectivity index (χ3v) is 2.06. The van der Waals surface area contributed by atoms with Crippen molar-refractivity contribution in [2.45, 2.75) is 46.3 Å². The predicted molar refractivity (Wildman–Crippen MR) is 76.4 cm³/mol. The summed E-state index contributed by atoms with van der Waals surface area (Å²) in [5, 5.41) is 5.72. The van der Waals surface area contributed by atoms with E-state index >= 15 is 0 Å². The van der Waals surface area contributed by atoms with Crippen LogP contribution in [0.15, 0.2) is 0 Å². The standard InChI is InChI=1S/C12H22N6O2/c1-7(2)15-9(19)5-6-14-11-16-10(13)17-12(18-11)20-8(3)4/h7-8H,5-6H2,1-4H3,(H,15,19)(H3,13,14,16,17,18). The maximum atomic E-state index is 11.5. The van der Waals surface area contributed by atoms with E-state index in [1.165, 1.54) is 0 Å². The Morgan fingerprint density at radius 3 is 2.55 bits per heavy atom. The lowest BCUT2D eigenvalue weighted by Crippen LogP contribution is -2.31. The molecule has 0 aliphatic rings. The third kappa shape index (κ3) is 6.17. The Kier molecular flexibility index (Phi) is 5.95. The number of nitrogen functional groups attached to an aromatic ring is 1. The minimum absolute atomic E-state index is 0.0341. The fourth-order valence-corrected chi connectivity index (χ4v) is 1.40. The zero-order chi connectivity index (χ0) is 15.1. The van der Waals surface area contributed by atoms with E-state index in [9.17, 15) is 4.79 Å². The molecule has 0 spiro atoms. The van der Waals surface area contributed by atoms with Gasteiger partial charge in [-0.05, 0) is 27.7 Å². The zero-order valence-electron chi connectivity index (χ0n) is 12.3. The van der Waals surface area contributed by atoms with E-state index in [1.807, 2.05) is 27.7 Å². The molecule has 20 heavy (non-hydrogen) atoms. The first-order valence-corrected chi connectivity index (χ1v) is 6.58. The Bertz CT molecular complexity index is 450. The number of carbonyl (C=O) groups excluding carboxylic acids is 1. The van der Waals surface area contributed by atoms with Crippen LogP contribution in [0.25, 0.3) is 0 Å². The van der Waals surface area contributed by atoms with Crippen LogP contribution in [0.2, 0.25) is 0 Å². The van der Waals surface area contributed by atoms with Crippen molar-refractivity contribution in [1.29, 1.82) is 0 Å². The summed E-state index contributed by atoms with van der Waals surface area (Å²) in [6, 6.07) is 0.294. The smallest absolute Gasteiger partial charge is 0.323 e. The summed E-state index contributed by atoms with van der Waals surface area (Å²) >= 11 is 0. The number of ether oxygens (including phenoxy) is 1. The molecular weight excluding hydrogens is 260 g/mol. The maximum absolute atomic E-state index is 11.5. The molecule has 0 saturated heterocycles. The molecule has 0 atom stereocenters. The van der Waals surface area contributed by atoms with Crippen molar-refractivity contribution in [2.24, 2.45) is 0 Å². The molecule has 8 nitrogen and oxygen atoms in total. The second-order valence-corrected chi connectivity index (χ2v) is 4.87. The minimum Gasteiger partial charge on any atom is -0.461 e. The van der Waals surface area contributed by atoms with Gasteiger partial charge in [0.05, 0.1) is 6.10 Å². The van der Waals surface area contributed by atoms with E-state index in [-0.39, 0.29) is 30.0 Å². The van der Waals surface area contributed by atoms with E-state index in [2.05, 4.69) is 25.6 Å². The summed E-state index contributed by atoms with van der Waals surface area (Å²) < 4.78 is 5.35. The summed E-state index contributed by atoms with van der Waals surface area (Å²) in [7, 11) is 0. The highest BCUT2D eigenvalue weighted by atomic mass is 16.5. The van der Waals surface area contributed by atoms with Gasteiger partial charge in [0.2, 0.25) is 17.8 Å². The summed E-state index contributed by atoms with van der Waals surface area (Å²) in [6.07, 6.45) is 0.269. The van der Waals surface area contributed by atoms with Crippen LogP contribution in [0.3, 0.4) is 0 Å². The second kappa shape index (κ2) is 7.46. The fraction of sp³-hybridized carbons (Fsp3) is 0.667. The van der Waals surface area contributed by atoms with Crippen LogP contribution in [0.1, 0.15) is 34.1 Å². The molecule has 8 heteroatoms. The number of amides is 1. The number of nitrogens with zero attached hydrogens (tertiary/aromatic N) is 3. The van der Waals surface area contributed by atoms with Gasteiger partial charge in [-0.25, -0.2) is 0 Å². The van der Waals surface area contributed by atoms with Crippen molar-refractivity contribution in [2.75, 3.05) is 17.6 Å². The summed E-state index contributed by atoms with van der Waals surface area (Å²) in [5.41, 5.74) is 5.57. The van der Waals surface area contributed by atoms with Crippen LogP contribution in [-0.2, 0) is 4.79 Å². The largest absolute Gasteiger partial charge is 0.461 e. The highest BCUT2D eigenvalue weighted by Crippen LogP contribution is 2.10. The molecule has 0 bridgehead atoms. The van der Waals surface area contributed by atoms with Crippen molar-refractivity contribution < 1.29 is 9.53 Å². The van der Waals surface area contributed by atoms with Gasteiger partial charge >= 0.3 is 6.01 Å². The van der Waals surface area contributed by atoms with Crippen LogP contribution < -0.4 is 21.1 Å². The van der Waals surface area contributed by atoms with E-state index in [4.69, 9.17) is 10.5 Å². The minimum atomic E-state index is -0.0542. The third-order valence-electron chi connectivity index (χ3n) is 2.06. The molecule has 0 aliphatic carbocycles. The van der Waals surface area contributed by atoms with Crippen molar-refractivity contribution in [3.05, 3.63) is 0 Å². The Labute approximate surface area is 118 Å². The first-order valence-electron chi connectivity index (χ1n) is 6.58. The average Bonchev–Trinajstić information content (AvgIpc) is 2.25. The van der Waals surface area contributed by atoms with Crippen LogP contribution in [0.4, 0.5) is 11.9 Å². The van der Waals surface area contributed by atoms with Crippen molar-refractivity contribution in [3.8, 4) is 6.01 Å². The lowest BCUT2D eigenvalue weighted by atomic mass is 10.3. The summed E-state index contributed by atoms with van der Waals surface area (Å²) in [6.45, 7) is 7.96. The molecule has 0 fully saturated rings. The Hall–Kier alpha value is -2.12. The van der Waals surface area contributed by atoms with Gasteiger partial charge in [0.15, 0.2) is 0 Å². The fourth-order valence-electron chi connectivity index (χ4n) is 1.40. The number of anilines is 2. The Morgan fingerprint density at radius 2 is 1.95 bits per heavy atom. The molecule has 0 radical (unpaired) electrons. The zero-order valence-corrected chi connectivity index (χ0v) is 12.3.